The first kappa shape index (κ1) is 9.74. The monoisotopic (exact) mass is 179 g/mol. The van der Waals surface area contributed by atoms with Crippen LogP contribution in [0.25, 0.3) is 0 Å². The molecule has 1 unspecified atom stereocenters. The van der Waals surface area contributed by atoms with Gasteiger partial charge in [-0.25, -0.2) is 4.79 Å². The summed E-state index contributed by atoms with van der Waals surface area (Å²) in [5.41, 5.74) is 6.89. The van der Waals surface area contributed by atoms with Crippen LogP contribution in [0.3, 0.4) is 0 Å². The lowest BCUT2D eigenvalue weighted by atomic mass is 10.1. The lowest BCUT2D eigenvalue weighted by Gasteiger charge is -2.05. The molecule has 0 radical (unpaired) electrons. The Morgan fingerprint density at radius 3 is 2.85 bits per heavy atom. The highest BCUT2D eigenvalue weighted by Gasteiger charge is 2.03. The Morgan fingerprint density at radius 1 is 1.62 bits per heavy atom. The first-order valence-corrected chi connectivity index (χ1v) is 4.17. The van der Waals surface area contributed by atoms with Crippen molar-refractivity contribution < 1.29 is 9.90 Å². The smallest absolute Gasteiger partial charge is 0.335 e. The molecule has 0 saturated heterocycles. The fraction of sp³-hybridized carbons (Fsp3) is 0.300. The zero-order chi connectivity index (χ0) is 9.84. The van der Waals surface area contributed by atoms with Crippen LogP contribution in [-0.2, 0) is 6.42 Å². The maximum atomic E-state index is 10.6. The molecule has 13 heavy (non-hydrogen) atoms. The predicted octanol–water partition coefficient (Wildman–Crippen LogP) is 1.27. The number of carbonyl (C=O) groups is 1. The summed E-state index contributed by atoms with van der Waals surface area (Å²) in [6, 6.07) is 6.92. The molecule has 0 saturated carbocycles. The molecular formula is C10H13NO2. The van der Waals surface area contributed by atoms with Crippen molar-refractivity contribution in [3.8, 4) is 0 Å². The number of carboxylic acid groups (broad SMARTS) is 1. The molecule has 3 heteroatoms. The molecule has 0 aliphatic carbocycles. The zero-order valence-electron chi connectivity index (χ0n) is 7.53. The second-order valence-electron chi connectivity index (χ2n) is 3.19. The molecule has 1 atom stereocenters. The number of benzene rings is 1. The van der Waals surface area contributed by atoms with Gasteiger partial charge in [-0.2, -0.15) is 0 Å². The minimum absolute atomic E-state index is 0.0593. The first-order valence-electron chi connectivity index (χ1n) is 4.17. The van der Waals surface area contributed by atoms with E-state index < -0.39 is 5.97 Å². The van der Waals surface area contributed by atoms with Gasteiger partial charge in [-0.15, -0.1) is 0 Å². The molecule has 0 heterocycles. The third kappa shape index (κ3) is 2.87. The van der Waals surface area contributed by atoms with E-state index in [4.69, 9.17) is 10.8 Å². The molecular weight excluding hydrogens is 166 g/mol. The van der Waals surface area contributed by atoms with Crippen molar-refractivity contribution in [3.05, 3.63) is 35.4 Å². The molecule has 0 aliphatic rings. The van der Waals surface area contributed by atoms with Crippen LogP contribution in [0, 0.1) is 0 Å². The van der Waals surface area contributed by atoms with Gasteiger partial charge in [0.15, 0.2) is 0 Å². The van der Waals surface area contributed by atoms with E-state index in [0.29, 0.717) is 12.0 Å². The molecule has 0 aromatic heterocycles. The van der Waals surface area contributed by atoms with Gasteiger partial charge >= 0.3 is 5.97 Å². The van der Waals surface area contributed by atoms with Gasteiger partial charge in [-0.1, -0.05) is 12.1 Å². The highest BCUT2D eigenvalue weighted by Crippen LogP contribution is 2.06. The standard InChI is InChI=1S/C10H13NO2/c1-7(11)5-8-3-2-4-9(6-8)10(12)13/h2-4,6-7H,5,11H2,1H3,(H,12,13). The molecule has 3 nitrogen and oxygen atoms in total. The predicted molar refractivity (Wildman–Crippen MR) is 50.8 cm³/mol. The first-order chi connectivity index (χ1) is 6.09. The van der Waals surface area contributed by atoms with E-state index in [1.54, 1.807) is 18.2 Å². The summed E-state index contributed by atoms with van der Waals surface area (Å²) in [7, 11) is 0. The highest BCUT2D eigenvalue weighted by molar-refractivity contribution is 5.87. The van der Waals surface area contributed by atoms with Crippen molar-refractivity contribution >= 4 is 5.97 Å². The Balaban J connectivity index is 2.85. The second-order valence-corrected chi connectivity index (χ2v) is 3.19. The number of hydrogen-bond donors (Lipinski definition) is 2. The number of hydrogen-bond acceptors (Lipinski definition) is 2. The molecule has 0 fully saturated rings. The van der Waals surface area contributed by atoms with E-state index in [0.717, 1.165) is 5.56 Å². The van der Waals surface area contributed by atoms with Crippen molar-refractivity contribution in [3.63, 3.8) is 0 Å². The Hall–Kier alpha value is -1.35. The lowest BCUT2D eigenvalue weighted by molar-refractivity contribution is 0.0696. The maximum Gasteiger partial charge on any atom is 0.335 e. The summed E-state index contributed by atoms with van der Waals surface area (Å²) in [5, 5.41) is 8.71. The van der Waals surface area contributed by atoms with Gasteiger partial charge in [-0.3, -0.25) is 0 Å². The fourth-order valence-electron chi connectivity index (χ4n) is 1.20. The summed E-state index contributed by atoms with van der Waals surface area (Å²) < 4.78 is 0. The number of carboxylic acids is 1. The van der Waals surface area contributed by atoms with Crippen molar-refractivity contribution in [1.82, 2.24) is 0 Å². The quantitative estimate of drug-likeness (QED) is 0.734. The maximum absolute atomic E-state index is 10.6. The van der Waals surface area contributed by atoms with Crippen molar-refractivity contribution in [2.75, 3.05) is 0 Å². The van der Waals surface area contributed by atoms with Crippen LogP contribution in [0.5, 0.6) is 0 Å². The second kappa shape index (κ2) is 4.05. The Kier molecular flexibility index (Phi) is 3.03. The van der Waals surface area contributed by atoms with E-state index in [2.05, 4.69) is 0 Å². The van der Waals surface area contributed by atoms with Gasteiger partial charge in [0.25, 0.3) is 0 Å². The van der Waals surface area contributed by atoms with Gasteiger partial charge in [0.2, 0.25) is 0 Å². The van der Waals surface area contributed by atoms with Crippen LogP contribution in [0.2, 0.25) is 0 Å². The van der Waals surface area contributed by atoms with Crippen molar-refractivity contribution in [2.24, 2.45) is 5.73 Å². The molecule has 3 N–H and O–H groups in total. The number of aromatic carboxylic acids is 1. The van der Waals surface area contributed by atoms with Gasteiger partial charge in [0.1, 0.15) is 0 Å². The lowest BCUT2D eigenvalue weighted by Crippen LogP contribution is -2.17. The molecule has 0 aliphatic heterocycles. The molecule has 1 aromatic rings. The van der Waals surface area contributed by atoms with E-state index >= 15 is 0 Å². The summed E-state index contributed by atoms with van der Waals surface area (Å²) in [4.78, 5) is 10.6. The molecule has 1 rings (SSSR count). The SMILES string of the molecule is CC(N)Cc1cccc(C(=O)O)c1. The number of rotatable bonds is 3. The number of nitrogens with two attached hydrogens (primary N) is 1. The van der Waals surface area contributed by atoms with Gasteiger partial charge in [0, 0.05) is 6.04 Å². The fourth-order valence-corrected chi connectivity index (χ4v) is 1.20. The summed E-state index contributed by atoms with van der Waals surface area (Å²) in [6.45, 7) is 1.90. The van der Waals surface area contributed by atoms with Crippen molar-refractivity contribution in [1.29, 1.82) is 0 Å². The zero-order valence-corrected chi connectivity index (χ0v) is 7.53. The average Bonchev–Trinajstić information content (AvgIpc) is 2.03. The van der Waals surface area contributed by atoms with Crippen LogP contribution in [0.15, 0.2) is 24.3 Å². The highest BCUT2D eigenvalue weighted by atomic mass is 16.4. The molecule has 0 bridgehead atoms. The van der Waals surface area contributed by atoms with E-state index in [1.807, 2.05) is 13.0 Å². The minimum Gasteiger partial charge on any atom is -0.478 e. The van der Waals surface area contributed by atoms with E-state index in [1.165, 1.54) is 0 Å². The largest absolute Gasteiger partial charge is 0.478 e. The normalized spacial score (nSPS) is 12.5. The van der Waals surface area contributed by atoms with Crippen LogP contribution in [-0.4, -0.2) is 17.1 Å². The van der Waals surface area contributed by atoms with Gasteiger partial charge < -0.3 is 10.8 Å². The molecule has 1 aromatic carbocycles. The topological polar surface area (TPSA) is 63.3 Å². The third-order valence-electron chi connectivity index (χ3n) is 1.73. The van der Waals surface area contributed by atoms with E-state index in [-0.39, 0.29) is 6.04 Å². The molecule has 0 amide bonds. The molecule has 70 valence electrons. The van der Waals surface area contributed by atoms with E-state index in [9.17, 15) is 4.79 Å². The van der Waals surface area contributed by atoms with Gasteiger partial charge in [-0.05, 0) is 31.0 Å². The Bertz CT molecular complexity index is 308. The Labute approximate surface area is 77.2 Å². The summed E-state index contributed by atoms with van der Waals surface area (Å²) in [6.07, 6.45) is 0.709. The van der Waals surface area contributed by atoms with Crippen LogP contribution in [0.1, 0.15) is 22.8 Å². The minimum atomic E-state index is -0.897. The third-order valence-corrected chi connectivity index (χ3v) is 1.73. The Morgan fingerprint density at radius 2 is 2.31 bits per heavy atom. The molecule has 0 spiro atoms. The van der Waals surface area contributed by atoms with Crippen LogP contribution >= 0.6 is 0 Å². The van der Waals surface area contributed by atoms with Gasteiger partial charge in [0.05, 0.1) is 5.56 Å². The van der Waals surface area contributed by atoms with Crippen molar-refractivity contribution in [2.45, 2.75) is 19.4 Å². The van der Waals surface area contributed by atoms with Crippen LogP contribution in [0.4, 0.5) is 0 Å². The summed E-state index contributed by atoms with van der Waals surface area (Å²) >= 11 is 0. The van der Waals surface area contributed by atoms with Crippen LogP contribution < -0.4 is 5.73 Å². The average molecular weight is 179 g/mol. The summed E-state index contributed by atoms with van der Waals surface area (Å²) in [5.74, 6) is -0.897.